The van der Waals surface area contributed by atoms with Crippen molar-refractivity contribution in [3.8, 4) is 11.5 Å². The quantitative estimate of drug-likeness (QED) is 0.508. The molecule has 0 aliphatic heterocycles. The van der Waals surface area contributed by atoms with Gasteiger partial charge < -0.3 is 14.8 Å². The minimum atomic E-state index is -0.232. The van der Waals surface area contributed by atoms with E-state index in [1.807, 2.05) is 6.07 Å². The summed E-state index contributed by atoms with van der Waals surface area (Å²) < 4.78 is 11.5. The van der Waals surface area contributed by atoms with Crippen LogP contribution in [0, 0.1) is 0 Å². The third-order valence-electron chi connectivity index (χ3n) is 5.19. The summed E-state index contributed by atoms with van der Waals surface area (Å²) >= 11 is 1.29. The standard InChI is InChI=1S/C24H25N3O4S/c1-30-20-12-11-17(13-21(20)31-19-9-5-6-10-19)25-22(28)14-18-15-32-24(26-18)27-23(29)16-7-3-2-4-8-16/h2-4,7-8,11-13,15,19H,5-6,9-10,14H2,1H3,(H,25,28)(H,26,27,29). The van der Waals surface area contributed by atoms with Gasteiger partial charge in [0.2, 0.25) is 5.91 Å². The highest BCUT2D eigenvalue weighted by molar-refractivity contribution is 7.14. The first-order chi connectivity index (χ1) is 15.6. The molecule has 2 N–H and O–H groups in total. The maximum Gasteiger partial charge on any atom is 0.257 e. The monoisotopic (exact) mass is 451 g/mol. The molecule has 1 aliphatic rings. The van der Waals surface area contributed by atoms with Crippen molar-refractivity contribution >= 4 is 34.0 Å². The number of thiazole rings is 1. The number of amides is 2. The largest absolute Gasteiger partial charge is 0.493 e. The summed E-state index contributed by atoms with van der Waals surface area (Å²) in [4.78, 5) is 29.1. The Morgan fingerprint density at radius 3 is 2.59 bits per heavy atom. The molecule has 166 valence electrons. The number of carbonyl (C=O) groups is 2. The van der Waals surface area contributed by atoms with Crippen molar-refractivity contribution in [1.82, 2.24) is 4.98 Å². The Labute approximate surface area is 190 Å². The molecule has 3 aromatic rings. The molecule has 0 atom stereocenters. The number of ether oxygens (including phenoxy) is 2. The van der Waals surface area contributed by atoms with Gasteiger partial charge in [-0.05, 0) is 49.9 Å². The molecule has 7 nitrogen and oxygen atoms in total. The van der Waals surface area contributed by atoms with E-state index in [1.165, 1.54) is 24.2 Å². The third-order valence-corrected chi connectivity index (χ3v) is 6.00. The lowest BCUT2D eigenvalue weighted by Gasteiger charge is -2.17. The second-order valence-corrected chi connectivity index (χ2v) is 8.44. The molecule has 0 spiro atoms. The Morgan fingerprint density at radius 2 is 1.84 bits per heavy atom. The lowest BCUT2D eigenvalue weighted by molar-refractivity contribution is -0.115. The van der Waals surface area contributed by atoms with Crippen molar-refractivity contribution in [3.63, 3.8) is 0 Å². The van der Waals surface area contributed by atoms with Gasteiger partial charge in [-0.3, -0.25) is 14.9 Å². The van der Waals surface area contributed by atoms with Crippen LogP contribution in [-0.2, 0) is 11.2 Å². The topological polar surface area (TPSA) is 89.6 Å². The van der Waals surface area contributed by atoms with E-state index in [4.69, 9.17) is 9.47 Å². The van der Waals surface area contributed by atoms with Crippen molar-refractivity contribution in [2.75, 3.05) is 17.7 Å². The molecule has 8 heteroatoms. The van der Waals surface area contributed by atoms with Crippen molar-refractivity contribution in [2.45, 2.75) is 38.2 Å². The smallest absolute Gasteiger partial charge is 0.257 e. The highest BCUT2D eigenvalue weighted by atomic mass is 32.1. The molecule has 1 aliphatic carbocycles. The van der Waals surface area contributed by atoms with E-state index in [-0.39, 0.29) is 24.3 Å². The van der Waals surface area contributed by atoms with Gasteiger partial charge in [0.1, 0.15) is 0 Å². The van der Waals surface area contributed by atoms with Gasteiger partial charge in [-0.2, -0.15) is 0 Å². The van der Waals surface area contributed by atoms with Crippen LogP contribution in [0.2, 0.25) is 0 Å². The molecule has 0 bridgehead atoms. The van der Waals surface area contributed by atoms with Gasteiger partial charge in [0.25, 0.3) is 5.91 Å². The summed E-state index contributed by atoms with van der Waals surface area (Å²) in [5, 5.41) is 7.87. The fourth-order valence-corrected chi connectivity index (χ4v) is 4.31. The zero-order valence-electron chi connectivity index (χ0n) is 17.8. The molecule has 1 aromatic heterocycles. The first-order valence-corrected chi connectivity index (χ1v) is 11.4. The Balaban J connectivity index is 1.35. The van der Waals surface area contributed by atoms with Crippen LogP contribution in [0.5, 0.6) is 11.5 Å². The van der Waals surface area contributed by atoms with Gasteiger partial charge in [-0.25, -0.2) is 4.98 Å². The van der Waals surface area contributed by atoms with Crippen LogP contribution in [0.3, 0.4) is 0 Å². The van der Waals surface area contributed by atoms with Gasteiger partial charge in [0, 0.05) is 22.7 Å². The van der Waals surface area contributed by atoms with Crippen LogP contribution in [0.1, 0.15) is 41.7 Å². The molecule has 0 radical (unpaired) electrons. The molecule has 1 heterocycles. The number of hydrogen-bond donors (Lipinski definition) is 2. The molecule has 32 heavy (non-hydrogen) atoms. The number of hydrogen-bond acceptors (Lipinski definition) is 6. The average Bonchev–Trinajstić information content (AvgIpc) is 3.46. The SMILES string of the molecule is COc1ccc(NC(=O)Cc2csc(NC(=O)c3ccccc3)n2)cc1OC1CCCC1. The van der Waals surface area contributed by atoms with Crippen LogP contribution in [0.15, 0.2) is 53.9 Å². The minimum absolute atomic E-state index is 0.0998. The van der Waals surface area contributed by atoms with Crippen molar-refractivity contribution in [3.05, 3.63) is 65.2 Å². The van der Waals surface area contributed by atoms with E-state index in [2.05, 4.69) is 15.6 Å². The first-order valence-electron chi connectivity index (χ1n) is 10.6. The van der Waals surface area contributed by atoms with Crippen LogP contribution >= 0.6 is 11.3 Å². The van der Waals surface area contributed by atoms with E-state index in [9.17, 15) is 9.59 Å². The zero-order valence-corrected chi connectivity index (χ0v) is 18.6. The van der Waals surface area contributed by atoms with Crippen LogP contribution in [-0.4, -0.2) is 30.0 Å². The molecule has 0 saturated heterocycles. The predicted molar refractivity (Wildman–Crippen MR) is 125 cm³/mol. The Hall–Kier alpha value is -3.39. The van der Waals surface area contributed by atoms with Crippen LogP contribution < -0.4 is 20.1 Å². The number of nitrogens with zero attached hydrogens (tertiary/aromatic N) is 1. The lowest BCUT2D eigenvalue weighted by Crippen LogP contribution is -2.16. The van der Waals surface area contributed by atoms with E-state index in [0.29, 0.717) is 33.6 Å². The van der Waals surface area contributed by atoms with Crippen molar-refractivity contribution in [2.24, 2.45) is 0 Å². The summed E-state index contributed by atoms with van der Waals surface area (Å²) in [6.07, 6.45) is 4.70. The van der Waals surface area contributed by atoms with Crippen molar-refractivity contribution in [1.29, 1.82) is 0 Å². The number of methoxy groups -OCH3 is 1. The Bertz CT molecular complexity index is 1080. The van der Waals surface area contributed by atoms with E-state index in [0.717, 1.165) is 12.8 Å². The molecular formula is C24H25N3O4S. The summed E-state index contributed by atoms with van der Waals surface area (Å²) in [6, 6.07) is 14.3. The second-order valence-electron chi connectivity index (χ2n) is 7.58. The fourth-order valence-electron chi connectivity index (χ4n) is 3.61. The fraction of sp³-hybridized carbons (Fsp3) is 0.292. The zero-order chi connectivity index (χ0) is 22.3. The van der Waals surface area contributed by atoms with Gasteiger partial charge in [0.05, 0.1) is 25.3 Å². The number of aromatic nitrogens is 1. The normalized spacial score (nSPS) is 13.5. The Morgan fingerprint density at radius 1 is 1.06 bits per heavy atom. The maximum atomic E-state index is 12.5. The molecule has 0 unspecified atom stereocenters. The first kappa shape index (κ1) is 21.8. The second kappa shape index (κ2) is 10.3. The molecule has 1 saturated carbocycles. The van der Waals surface area contributed by atoms with Gasteiger partial charge in [0.15, 0.2) is 16.6 Å². The summed E-state index contributed by atoms with van der Waals surface area (Å²) in [5.74, 6) is 0.849. The van der Waals surface area contributed by atoms with Gasteiger partial charge in [-0.15, -0.1) is 11.3 Å². The number of rotatable bonds is 8. The summed E-state index contributed by atoms with van der Waals surface area (Å²) in [5.41, 5.74) is 1.78. The third kappa shape index (κ3) is 5.64. The Kier molecular flexibility index (Phi) is 7.01. The minimum Gasteiger partial charge on any atom is -0.493 e. The number of nitrogens with one attached hydrogen (secondary N) is 2. The van der Waals surface area contributed by atoms with Crippen molar-refractivity contribution < 1.29 is 19.1 Å². The van der Waals surface area contributed by atoms with Gasteiger partial charge in [-0.1, -0.05) is 18.2 Å². The lowest BCUT2D eigenvalue weighted by atomic mass is 10.2. The molecular weight excluding hydrogens is 426 g/mol. The van der Waals surface area contributed by atoms with Crippen LogP contribution in [0.4, 0.5) is 10.8 Å². The molecule has 1 fully saturated rings. The van der Waals surface area contributed by atoms with Gasteiger partial charge >= 0.3 is 0 Å². The van der Waals surface area contributed by atoms with E-state index in [1.54, 1.807) is 55.0 Å². The molecule has 2 amide bonds. The number of anilines is 2. The molecule has 2 aromatic carbocycles. The van der Waals surface area contributed by atoms with Crippen LogP contribution in [0.25, 0.3) is 0 Å². The summed E-state index contributed by atoms with van der Waals surface area (Å²) in [7, 11) is 1.60. The highest BCUT2D eigenvalue weighted by Gasteiger charge is 2.19. The highest BCUT2D eigenvalue weighted by Crippen LogP contribution is 2.34. The van der Waals surface area contributed by atoms with E-state index < -0.39 is 0 Å². The predicted octanol–water partition coefficient (Wildman–Crippen LogP) is 4.91. The average molecular weight is 452 g/mol. The van der Waals surface area contributed by atoms with E-state index >= 15 is 0 Å². The summed E-state index contributed by atoms with van der Waals surface area (Å²) in [6.45, 7) is 0. The number of carbonyl (C=O) groups excluding carboxylic acids is 2. The maximum absolute atomic E-state index is 12.5. The molecule has 4 rings (SSSR count). The number of benzene rings is 2.